The lowest BCUT2D eigenvalue weighted by Crippen LogP contribution is -2.18. The van der Waals surface area contributed by atoms with Crippen LogP contribution in [-0.4, -0.2) is 12.9 Å². The molecule has 0 saturated carbocycles. The number of nitrogens with one attached hydrogen (secondary N) is 1. The number of terminal acetylenes is 1. The molecule has 1 N–H and O–H groups in total. The van der Waals surface area contributed by atoms with Crippen LogP contribution < -0.4 is 10.1 Å². The Labute approximate surface area is 104 Å². The van der Waals surface area contributed by atoms with Crippen molar-refractivity contribution < 1.29 is 17.9 Å². The van der Waals surface area contributed by atoms with E-state index >= 15 is 0 Å². The molecule has 18 heavy (non-hydrogen) atoms. The van der Waals surface area contributed by atoms with Crippen molar-refractivity contribution in [3.63, 3.8) is 0 Å². The van der Waals surface area contributed by atoms with E-state index in [1.807, 2.05) is 0 Å². The summed E-state index contributed by atoms with van der Waals surface area (Å²) in [6.45, 7) is 1.22. The molecule has 0 aliphatic rings. The normalized spacial score (nSPS) is 11.0. The molecular weight excluding hydrogens is 243 g/mol. The number of hydrogen-bond acceptors (Lipinski definition) is 2. The lowest BCUT2D eigenvalue weighted by Gasteiger charge is -2.10. The van der Waals surface area contributed by atoms with E-state index in [9.17, 15) is 13.2 Å². The van der Waals surface area contributed by atoms with Gasteiger partial charge in [-0.15, -0.1) is 25.5 Å². The first kappa shape index (κ1) is 14.4. The highest BCUT2D eigenvalue weighted by Crippen LogP contribution is 2.23. The summed E-state index contributed by atoms with van der Waals surface area (Å²) in [6, 6.07) is 5.90. The van der Waals surface area contributed by atoms with Gasteiger partial charge >= 0.3 is 6.36 Å². The van der Waals surface area contributed by atoms with Gasteiger partial charge in [-0.3, -0.25) is 0 Å². The van der Waals surface area contributed by atoms with E-state index in [0.29, 0.717) is 13.0 Å². The molecule has 0 heterocycles. The van der Waals surface area contributed by atoms with Gasteiger partial charge in [-0.2, -0.15) is 0 Å². The Hall–Kier alpha value is -1.67. The van der Waals surface area contributed by atoms with E-state index in [0.717, 1.165) is 18.5 Å². The van der Waals surface area contributed by atoms with Crippen LogP contribution in [0.4, 0.5) is 13.2 Å². The van der Waals surface area contributed by atoms with Gasteiger partial charge in [0.25, 0.3) is 0 Å². The first-order valence-electron chi connectivity index (χ1n) is 5.50. The van der Waals surface area contributed by atoms with Crippen molar-refractivity contribution in [1.82, 2.24) is 5.32 Å². The molecule has 0 spiro atoms. The molecule has 0 amide bonds. The second kappa shape index (κ2) is 6.92. The summed E-state index contributed by atoms with van der Waals surface area (Å²) in [5.74, 6) is 2.31. The fourth-order valence-corrected chi connectivity index (χ4v) is 1.40. The molecule has 0 fully saturated rings. The van der Waals surface area contributed by atoms with Crippen LogP contribution in [0.1, 0.15) is 18.4 Å². The first-order chi connectivity index (χ1) is 8.51. The van der Waals surface area contributed by atoms with Crippen LogP contribution in [0.25, 0.3) is 0 Å². The maximum absolute atomic E-state index is 12.0. The summed E-state index contributed by atoms with van der Waals surface area (Å²) in [7, 11) is 0. The van der Waals surface area contributed by atoms with Crippen molar-refractivity contribution >= 4 is 0 Å². The molecule has 1 aromatic carbocycles. The second-order valence-corrected chi connectivity index (χ2v) is 3.68. The molecular formula is C13H14F3NO. The molecule has 0 unspecified atom stereocenters. The Balaban J connectivity index is 2.42. The molecule has 0 aromatic heterocycles. The molecule has 1 aromatic rings. The van der Waals surface area contributed by atoms with Crippen molar-refractivity contribution in [2.75, 3.05) is 6.54 Å². The molecule has 5 heteroatoms. The highest BCUT2D eigenvalue weighted by atomic mass is 19.4. The fourth-order valence-electron chi connectivity index (χ4n) is 1.40. The minimum Gasteiger partial charge on any atom is -0.406 e. The largest absolute Gasteiger partial charge is 0.573 e. The predicted octanol–water partition coefficient (Wildman–Crippen LogP) is 3.09. The predicted molar refractivity (Wildman–Crippen MR) is 62.9 cm³/mol. The maximum atomic E-state index is 12.0. The Kier molecular flexibility index (Phi) is 5.53. The molecule has 0 saturated heterocycles. The first-order valence-corrected chi connectivity index (χ1v) is 5.50. The number of benzene rings is 1. The van der Waals surface area contributed by atoms with Crippen LogP contribution in [0.3, 0.4) is 0 Å². The van der Waals surface area contributed by atoms with Gasteiger partial charge in [0.2, 0.25) is 0 Å². The van der Waals surface area contributed by atoms with E-state index < -0.39 is 6.36 Å². The van der Waals surface area contributed by atoms with Crippen molar-refractivity contribution in [3.8, 4) is 18.1 Å². The molecule has 1 rings (SSSR count). The lowest BCUT2D eigenvalue weighted by atomic mass is 10.2. The van der Waals surface area contributed by atoms with Crippen LogP contribution in [0.5, 0.6) is 5.75 Å². The molecule has 0 bridgehead atoms. The van der Waals surface area contributed by atoms with E-state index in [-0.39, 0.29) is 5.75 Å². The third-order valence-corrected chi connectivity index (χ3v) is 2.14. The average Bonchev–Trinajstić information content (AvgIpc) is 2.27. The van der Waals surface area contributed by atoms with Crippen LogP contribution >= 0.6 is 0 Å². The number of ether oxygens (including phenoxy) is 1. The van der Waals surface area contributed by atoms with Crippen molar-refractivity contribution in [2.45, 2.75) is 25.7 Å². The maximum Gasteiger partial charge on any atom is 0.573 e. The van der Waals surface area contributed by atoms with Gasteiger partial charge in [0.05, 0.1) is 0 Å². The van der Waals surface area contributed by atoms with Crippen LogP contribution in [0.15, 0.2) is 24.3 Å². The zero-order chi connectivity index (χ0) is 13.4. The monoisotopic (exact) mass is 257 g/mol. The van der Waals surface area contributed by atoms with E-state index in [2.05, 4.69) is 16.0 Å². The number of alkyl halides is 3. The summed E-state index contributed by atoms with van der Waals surface area (Å²) in [5, 5.41) is 3.09. The lowest BCUT2D eigenvalue weighted by molar-refractivity contribution is -0.274. The SMILES string of the molecule is C#CCCCNCc1cccc(OC(F)(F)F)c1. The van der Waals surface area contributed by atoms with Gasteiger partial charge in [-0.05, 0) is 30.7 Å². The van der Waals surface area contributed by atoms with E-state index in [1.54, 1.807) is 6.07 Å². The number of rotatable bonds is 6. The fraction of sp³-hybridized carbons (Fsp3) is 0.385. The molecule has 0 radical (unpaired) electrons. The Morgan fingerprint density at radius 2 is 2.11 bits per heavy atom. The van der Waals surface area contributed by atoms with E-state index in [4.69, 9.17) is 6.42 Å². The smallest absolute Gasteiger partial charge is 0.406 e. The van der Waals surface area contributed by atoms with Gasteiger partial charge < -0.3 is 10.1 Å². The summed E-state index contributed by atoms with van der Waals surface area (Å²) in [6.07, 6.45) is 1.97. The third-order valence-electron chi connectivity index (χ3n) is 2.14. The van der Waals surface area contributed by atoms with Gasteiger partial charge in [0.15, 0.2) is 0 Å². The van der Waals surface area contributed by atoms with Crippen molar-refractivity contribution in [2.24, 2.45) is 0 Å². The number of hydrogen-bond donors (Lipinski definition) is 1. The molecule has 0 aliphatic heterocycles. The highest BCUT2D eigenvalue weighted by molar-refractivity contribution is 5.28. The number of unbranched alkanes of at least 4 members (excludes halogenated alkanes) is 1. The Morgan fingerprint density at radius 3 is 2.78 bits per heavy atom. The van der Waals surface area contributed by atoms with Crippen LogP contribution in [-0.2, 0) is 6.54 Å². The Bertz CT molecular complexity index is 409. The summed E-state index contributed by atoms with van der Waals surface area (Å²) < 4.78 is 39.9. The zero-order valence-corrected chi connectivity index (χ0v) is 9.76. The van der Waals surface area contributed by atoms with E-state index in [1.165, 1.54) is 18.2 Å². The van der Waals surface area contributed by atoms with Crippen LogP contribution in [0, 0.1) is 12.3 Å². The van der Waals surface area contributed by atoms with Gasteiger partial charge in [-0.25, -0.2) is 0 Å². The minimum absolute atomic E-state index is 0.203. The summed E-state index contributed by atoms with van der Waals surface area (Å²) >= 11 is 0. The zero-order valence-electron chi connectivity index (χ0n) is 9.76. The standard InChI is InChI=1S/C13H14F3NO/c1-2-3-4-8-17-10-11-6-5-7-12(9-11)18-13(14,15)16/h1,5-7,9,17H,3-4,8,10H2. The number of halogens is 3. The Morgan fingerprint density at radius 1 is 1.33 bits per heavy atom. The molecule has 0 atom stereocenters. The third kappa shape index (κ3) is 6.16. The molecule has 0 aliphatic carbocycles. The summed E-state index contributed by atoms with van der Waals surface area (Å²) in [5.41, 5.74) is 0.734. The second-order valence-electron chi connectivity index (χ2n) is 3.68. The molecule has 2 nitrogen and oxygen atoms in total. The average molecular weight is 257 g/mol. The van der Waals surface area contributed by atoms with Crippen molar-refractivity contribution in [1.29, 1.82) is 0 Å². The van der Waals surface area contributed by atoms with Gasteiger partial charge in [0, 0.05) is 13.0 Å². The minimum atomic E-state index is -4.65. The molecule has 98 valence electrons. The van der Waals surface area contributed by atoms with Crippen molar-refractivity contribution in [3.05, 3.63) is 29.8 Å². The van der Waals surface area contributed by atoms with Crippen LogP contribution in [0.2, 0.25) is 0 Å². The quantitative estimate of drug-likeness (QED) is 0.624. The topological polar surface area (TPSA) is 21.3 Å². The summed E-state index contributed by atoms with van der Waals surface area (Å²) in [4.78, 5) is 0. The van der Waals surface area contributed by atoms with Gasteiger partial charge in [-0.1, -0.05) is 12.1 Å². The highest BCUT2D eigenvalue weighted by Gasteiger charge is 2.30. The van der Waals surface area contributed by atoms with Gasteiger partial charge in [0.1, 0.15) is 5.75 Å².